The third kappa shape index (κ3) is 3.71. The highest BCUT2D eigenvalue weighted by atomic mass is 16.6. The van der Waals surface area contributed by atoms with Crippen molar-refractivity contribution >= 4 is 23.0 Å². The molecule has 2 aromatic rings. The first-order valence-electron chi connectivity index (χ1n) is 8.04. The fourth-order valence-electron chi connectivity index (χ4n) is 2.86. The van der Waals surface area contributed by atoms with Crippen LogP contribution in [0.1, 0.15) is 18.4 Å². The number of rotatable bonds is 6. The summed E-state index contributed by atoms with van der Waals surface area (Å²) >= 11 is 0. The van der Waals surface area contributed by atoms with Crippen molar-refractivity contribution in [2.75, 3.05) is 23.9 Å². The molecule has 0 spiro atoms. The molecule has 0 bridgehead atoms. The van der Waals surface area contributed by atoms with Gasteiger partial charge in [-0.05, 0) is 30.2 Å². The van der Waals surface area contributed by atoms with Crippen molar-refractivity contribution < 1.29 is 14.5 Å². The molecule has 130 valence electrons. The van der Waals surface area contributed by atoms with Gasteiger partial charge in [0.1, 0.15) is 0 Å². The molecule has 0 aliphatic carbocycles. The van der Waals surface area contributed by atoms with Crippen LogP contribution < -0.4 is 15.0 Å². The SMILES string of the molecule is COc1cc(NCc2ccc(N3CCCC3=O)cc2)ccc1[N+](=O)[O-]. The Balaban J connectivity index is 1.65. The third-order valence-corrected chi connectivity index (χ3v) is 4.19. The lowest BCUT2D eigenvalue weighted by Gasteiger charge is -2.16. The largest absolute Gasteiger partial charge is 0.490 e. The molecule has 1 aliphatic rings. The second-order valence-corrected chi connectivity index (χ2v) is 5.81. The van der Waals surface area contributed by atoms with E-state index in [-0.39, 0.29) is 17.3 Å². The third-order valence-electron chi connectivity index (χ3n) is 4.19. The smallest absolute Gasteiger partial charge is 0.311 e. The van der Waals surface area contributed by atoms with Crippen LogP contribution in [0.2, 0.25) is 0 Å². The van der Waals surface area contributed by atoms with Crippen LogP contribution in [0.5, 0.6) is 5.75 Å². The van der Waals surface area contributed by atoms with Gasteiger partial charge in [0.25, 0.3) is 0 Å². The quantitative estimate of drug-likeness (QED) is 0.643. The van der Waals surface area contributed by atoms with Gasteiger partial charge in [-0.15, -0.1) is 0 Å². The molecule has 0 unspecified atom stereocenters. The number of benzene rings is 2. The Morgan fingerprint density at radius 3 is 2.60 bits per heavy atom. The first-order valence-corrected chi connectivity index (χ1v) is 8.04. The van der Waals surface area contributed by atoms with Gasteiger partial charge < -0.3 is 15.0 Å². The van der Waals surface area contributed by atoms with E-state index in [1.54, 1.807) is 17.0 Å². The summed E-state index contributed by atoms with van der Waals surface area (Å²) in [7, 11) is 1.41. The van der Waals surface area contributed by atoms with Crippen molar-refractivity contribution in [1.29, 1.82) is 0 Å². The molecule has 1 fully saturated rings. The van der Waals surface area contributed by atoms with Crippen LogP contribution in [0, 0.1) is 10.1 Å². The number of nitro benzene ring substituents is 1. The van der Waals surface area contributed by atoms with E-state index >= 15 is 0 Å². The van der Waals surface area contributed by atoms with E-state index in [4.69, 9.17) is 4.74 Å². The zero-order chi connectivity index (χ0) is 17.8. The van der Waals surface area contributed by atoms with E-state index in [0.717, 1.165) is 29.9 Å². The molecule has 1 N–H and O–H groups in total. The molecule has 1 saturated heterocycles. The van der Waals surface area contributed by atoms with Gasteiger partial charge in [0, 0.05) is 43.0 Å². The Bertz CT molecular complexity index is 789. The van der Waals surface area contributed by atoms with Crippen molar-refractivity contribution in [2.24, 2.45) is 0 Å². The molecule has 25 heavy (non-hydrogen) atoms. The van der Waals surface area contributed by atoms with Gasteiger partial charge in [0.15, 0.2) is 5.75 Å². The topological polar surface area (TPSA) is 84.7 Å². The lowest BCUT2D eigenvalue weighted by Crippen LogP contribution is -2.23. The standard InChI is InChI=1S/C18H19N3O4/c1-25-17-11-14(6-9-16(17)21(23)24)19-12-13-4-7-15(8-5-13)20-10-2-3-18(20)22/h4-9,11,19H,2-3,10,12H2,1H3. The summed E-state index contributed by atoms with van der Waals surface area (Å²) in [5.74, 6) is 0.391. The number of nitrogens with zero attached hydrogens (tertiary/aromatic N) is 2. The zero-order valence-corrected chi connectivity index (χ0v) is 13.9. The highest BCUT2D eigenvalue weighted by Gasteiger charge is 2.21. The Morgan fingerprint density at radius 1 is 1.24 bits per heavy atom. The average molecular weight is 341 g/mol. The highest BCUT2D eigenvalue weighted by Crippen LogP contribution is 2.30. The number of carbonyl (C=O) groups is 1. The van der Waals surface area contributed by atoms with Crippen LogP contribution >= 0.6 is 0 Å². The second-order valence-electron chi connectivity index (χ2n) is 5.81. The summed E-state index contributed by atoms with van der Waals surface area (Å²) in [5, 5.41) is 14.1. The minimum atomic E-state index is -0.471. The number of hydrogen-bond donors (Lipinski definition) is 1. The average Bonchev–Trinajstić information content (AvgIpc) is 3.06. The predicted octanol–water partition coefficient (Wildman–Crippen LogP) is 3.34. The maximum Gasteiger partial charge on any atom is 0.311 e. The van der Waals surface area contributed by atoms with Crippen LogP contribution in [0.3, 0.4) is 0 Å². The molecule has 7 nitrogen and oxygen atoms in total. The fraction of sp³-hybridized carbons (Fsp3) is 0.278. The molecule has 0 aromatic heterocycles. The van der Waals surface area contributed by atoms with Crippen LogP contribution in [-0.2, 0) is 11.3 Å². The number of carbonyl (C=O) groups excluding carboxylic acids is 1. The van der Waals surface area contributed by atoms with E-state index in [1.165, 1.54) is 13.2 Å². The molecule has 0 atom stereocenters. The van der Waals surface area contributed by atoms with Gasteiger partial charge in [-0.2, -0.15) is 0 Å². The summed E-state index contributed by atoms with van der Waals surface area (Å²) in [4.78, 5) is 24.0. The maximum absolute atomic E-state index is 11.8. The summed E-state index contributed by atoms with van der Waals surface area (Å²) in [6, 6.07) is 12.5. The highest BCUT2D eigenvalue weighted by molar-refractivity contribution is 5.95. The minimum absolute atomic E-state index is 0.0623. The van der Waals surface area contributed by atoms with Gasteiger partial charge >= 0.3 is 5.69 Å². The number of ether oxygens (including phenoxy) is 1. The fourth-order valence-corrected chi connectivity index (χ4v) is 2.86. The van der Waals surface area contributed by atoms with Crippen LogP contribution in [0.15, 0.2) is 42.5 Å². The summed E-state index contributed by atoms with van der Waals surface area (Å²) < 4.78 is 5.06. The monoisotopic (exact) mass is 341 g/mol. The van der Waals surface area contributed by atoms with Crippen molar-refractivity contribution in [3.8, 4) is 5.75 Å². The molecule has 2 aromatic carbocycles. The number of anilines is 2. The maximum atomic E-state index is 11.8. The van der Waals surface area contributed by atoms with Crippen LogP contribution in [-0.4, -0.2) is 24.5 Å². The Kier molecular flexibility index (Phi) is 4.83. The number of nitrogens with one attached hydrogen (secondary N) is 1. The number of nitro groups is 1. The van der Waals surface area contributed by atoms with E-state index < -0.39 is 4.92 Å². The van der Waals surface area contributed by atoms with E-state index in [9.17, 15) is 14.9 Å². The van der Waals surface area contributed by atoms with Gasteiger partial charge in [-0.25, -0.2) is 0 Å². The van der Waals surface area contributed by atoms with Crippen molar-refractivity contribution in [2.45, 2.75) is 19.4 Å². The number of amides is 1. The minimum Gasteiger partial charge on any atom is -0.490 e. The van der Waals surface area contributed by atoms with Crippen molar-refractivity contribution in [3.63, 3.8) is 0 Å². The van der Waals surface area contributed by atoms with Crippen LogP contribution in [0.4, 0.5) is 17.1 Å². The molecule has 1 aliphatic heterocycles. The van der Waals surface area contributed by atoms with Gasteiger partial charge in [-0.3, -0.25) is 14.9 Å². The predicted molar refractivity (Wildman–Crippen MR) is 95.0 cm³/mol. The Morgan fingerprint density at radius 2 is 2.00 bits per heavy atom. The van der Waals surface area contributed by atoms with Crippen molar-refractivity contribution in [3.05, 3.63) is 58.1 Å². The molecule has 1 heterocycles. The summed E-state index contributed by atoms with van der Waals surface area (Å²) in [6.07, 6.45) is 1.52. The van der Waals surface area contributed by atoms with Crippen molar-refractivity contribution in [1.82, 2.24) is 0 Å². The van der Waals surface area contributed by atoms with Gasteiger partial charge in [0.05, 0.1) is 12.0 Å². The zero-order valence-electron chi connectivity index (χ0n) is 13.9. The van der Waals surface area contributed by atoms with E-state index in [0.29, 0.717) is 13.0 Å². The van der Waals surface area contributed by atoms with Gasteiger partial charge in [0.2, 0.25) is 5.91 Å². The summed E-state index contributed by atoms with van der Waals surface area (Å²) in [5.41, 5.74) is 2.64. The second kappa shape index (κ2) is 7.21. The normalized spacial score (nSPS) is 13.8. The van der Waals surface area contributed by atoms with Crippen LogP contribution in [0.25, 0.3) is 0 Å². The Hall–Kier alpha value is -3.09. The lowest BCUT2D eigenvalue weighted by atomic mass is 10.2. The molecule has 3 rings (SSSR count). The molecular weight excluding hydrogens is 322 g/mol. The number of hydrogen-bond acceptors (Lipinski definition) is 5. The molecule has 0 radical (unpaired) electrons. The number of methoxy groups -OCH3 is 1. The Labute approximate surface area is 145 Å². The first-order chi connectivity index (χ1) is 12.1. The first kappa shape index (κ1) is 16.8. The molecule has 1 amide bonds. The van der Waals surface area contributed by atoms with E-state index in [1.807, 2.05) is 24.3 Å². The van der Waals surface area contributed by atoms with Gasteiger partial charge in [-0.1, -0.05) is 12.1 Å². The summed E-state index contributed by atoms with van der Waals surface area (Å²) in [6.45, 7) is 1.34. The molecule has 0 saturated carbocycles. The molecule has 7 heteroatoms. The lowest BCUT2D eigenvalue weighted by molar-refractivity contribution is -0.385. The molecular formula is C18H19N3O4. The van der Waals surface area contributed by atoms with E-state index in [2.05, 4.69) is 5.32 Å².